The molecule has 0 saturated heterocycles. The SMILES string of the molecule is N#C/C=C1\c2c(F)c(F)c(F)c(F)c2C(O)C1C1(O)c2cccnc2-c2ncccc21. The smallest absolute Gasteiger partial charge is 0.198 e. The fourth-order valence-corrected chi connectivity index (χ4v) is 4.67. The molecule has 9 heteroatoms. The van der Waals surface area contributed by atoms with Crippen molar-refractivity contribution in [3.63, 3.8) is 0 Å². The summed E-state index contributed by atoms with van der Waals surface area (Å²) in [6.45, 7) is 0. The fraction of sp³-hybridized carbons (Fsp3) is 0.136. The number of allylic oxidation sites excluding steroid dienone is 1. The van der Waals surface area contributed by atoms with Crippen LogP contribution in [0.15, 0.2) is 42.7 Å². The monoisotopic (exact) mass is 425 g/mol. The maximum Gasteiger partial charge on any atom is 0.198 e. The molecule has 2 aliphatic carbocycles. The molecule has 2 aliphatic rings. The third-order valence-electron chi connectivity index (χ3n) is 5.87. The number of hydrogen-bond acceptors (Lipinski definition) is 5. The first-order chi connectivity index (χ1) is 14.8. The van der Waals surface area contributed by atoms with Crippen LogP contribution in [-0.2, 0) is 5.60 Å². The molecule has 0 spiro atoms. The van der Waals surface area contributed by atoms with E-state index in [1.165, 1.54) is 36.7 Å². The second kappa shape index (κ2) is 6.44. The van der Waals surface area contributed by atoms with Gasteiger partial charge in [-0.05, 0) is 17.7 Å². The molecule has 154 valence electrons. The molecule has 0 fully saturated rings. The number of benzene rings is 1. The predicted molar refractivity (Wildman–Crippen MR) is 98.8 cm³/mol. The summed E-state index contributed by atoms with van der Waals surface area (Å²) in [6, 6.07) is 7.67. The van der Waals surface area contributed by atoms with Gasteiger partial charge in [0.1, 0.15) is 5.60 Å². The topological polar surface area (TPSA) is 90.0 Å². The lowest BCUT2D eigenvalue weighted by molar-refractivity contribution is -0.0151. The second-order valence-electron chi connectivity index (χ2n) is 7.26. The molecular formula is C22H11F4N3O2. The molecule has 0 saturated carbocycles. The van der Waals surface area contributed by atoms with Crippen molar-refractivity contribution in [2.75, 3.05) is 0 Å². The van der Waals surface area contributed by atoms with Gasteiger partial charge in [0.05, 0.1) is 29.5 Å². The molecule has 0 aliphatic heterocycles. The van der Waals surface area contributed by atoms with Gasteiger partial charge in [0.2, 0.25) is 0 Å². The average Bonchev–Trinajstić information content (AvgIpc) is 3.21. The van der Waals surface area contributed by atoms with Gasteiger partial charge in [-0.3, -0.25) is 9.97 Å². The highest BCUT2D eigenvalue weighted by atomic mass is 19.2. The van der Waals surface area contributed by atoms with Gasteiger partial charge < -0.3 is 10.2 Å². The Kier molecular flexibility index (Phi) is 4.02. The summed E-state index contributed by atoms with van der Waals surface area (Å²) in [5.41, 5.74) is -3.26. The van der Waals surface area contributed by atoms with Crippen LogP contribution in [-0.4, -0.2) is 20.2 Å². The summed E-state index contributed by atoms with van der Waals surface area (Å²) in [5.74, 6) is -9.27. The van der Waals surface area contributed by atoms with Crippen LogP contribution in [0.5, 0.6) is 0 Å². The summed E-state index contributed by atoms with van der Waals surface area (Å²) in [5, 5.41) is 32.2. The molecule has 2 N–H and O–H groups in total. The minimum absolute atomic E-state index is 0.172. The molecule has 2 unspecified atom stereocenters. The first-order valence-electron chi connectivity index (χ1n) is 9.11. The normalized spacial score (nSPS) is 21.5. The van der Waals surface area contributed by atoms with Crippen molar-refractivity contribution < 1.29 is 27.8 Å². The lowest BCUT2D eigenvalue weighted by atomic mass is 9.75. The maximum absolute atomic E-state index is 14.7. The zero-order valence-electron chi connectivity index (χ0n) is 15.4. The lowest BCUT2D eigenvalue weighted by Crippen LogP contribution is -2.37. The van der Waals surface area contributed by atoms with E-state index in [9.17, 15) is 33.0 Å². The van der Waals surface area contributed by atoms with Crippen molar-refractivity contribution in [1.29, 1.82) is 5.26 Å². The number of aliphatic hydroxyl groups excluding tert-OH is 1. The summed E-state index contributed by atoms with van der Waals surface area (Å²) in [6.07, 6.45) is 1.70. The van der Waals surface area contributed by atoms with Gasteiger partial charge in [-0.2, -0.15) is 5.26 Å². The van der Waals surface area contributed by atoms with E-state index in [0.29, 0.717) is 0 Å². The van der Waals surface area contributed by atoms with E-state index in [-0.39, 0.29) is 28.1 Å². The van der Waals surface area contributed by atoms with E-state index in [1.807, 2.05) is 0 Å². The highest BCUT2D eigenvalue weighted by molar-refractivity contribution is 5.83. The number of hydrogen-bond donors (Lipinski definition) is 2. The van der Waals surface area contributed by atoms with E-state index >= 15 is 0 Å². The van der Waals surface area contributed by atoms with Crippen molar-refractivity contribution in [3.05, 3.63) is 88.3 Å². The third-order valence-corrected chi connectivity index (χ3v) is 5.87. The van der Waals surface area contributed by atoms with E-state index in [1.54, 1.807) is 6.07 Å². The zero-order valence-corrected chi connectivity index (χ0v) is 15.4. The molecule has 5 rings (SSSR count). The van der Waals surface area contributed by atoms with Crippen molar-refractivity contribution in [2.24, 2.45) is 5.92 Å². The van der Waals surface area contributed by atoms with Gasteiger partial charge in [0, 0.05) is 40.7 Å². The van der Waals surface area contributed by atoms with Gasteiger partial charge in [-0.25, -0.2) is 17.6 Å². The second-order valence-corrected chi connectivity index (χ2v) is 7.26. The van der Waals surface area contributed by atoms with Crippen LogP contribution >= 0.6 is 0 Å². The van der Waals surface area contributed by atoms with Crippen LogP contribution in [0, 0.1) is 40.5 Å². The Morgan fingerprint density at radius 3 is 2.03 bits per heavy atom. The minimum Gasteiger partial charge on any atom is -0.387 e. The fourth-order valence-electron chi connectivity index (χ4n) is 4.67. The molecule has 3 aromatic rings. The summed E-state index contributed by atoms with van der Waals surface area (Å²) in [7, 11) is 0. The van der Waals surface area contributed by atoms with Crippen molar-refractivity contribution in [3.8, 4) is 17.5 Å². The van der Waals surface area contributed by atoms with Crippen LogP contribution in [0.4, 0.5) is 17.6 Å². The van der Waals surface area contributed by atoms with Crippen LogP contribution in [0.1, 0.15) is 28.4 Å². The lowest BCUT2D eigenvalue weighted by Gasteiger charge is -2.34. The molecule has 2 atom stereocenters. The molecule has 0 amide bonds. The number of pyridine rings is 2. The van der Waals surface area contributed by atoms with Gasteiger partial charge in [-0.1, -0.05) is 12.1 Å². The van der Waals surface area contributed by atoms with Crippen molar-refractivity contribution in [1.82, 2.24) is 9.97 Å². The Labute approximate surface area is 172 Å². The Morgan fingerprint density at radius 1 is 0.935 bits per heavy atom. The molecule has 31 heavy (non-hydrogen) atoms. The number of aromatic nitrogens is 2. The van der Waals surface area contributed by atoms with Crippen LogP contribution in [0.2, 0.25) is 0 Å². The Morgan fingerprint density at radius 2 is 1.48 bits per heavy atom. The van der Waals surface area contributed by atoms with Crippen LogP contribution < -0.4 is 0 Å². The van der Waals surface area contributed by atoms with Gasteiger partial charge >= 0.3 is 0 Å². The maximum atomic E-state index is 14.7. The minimum atomic E-state index is -2.14. The molecule has 5 nitrogen and oxygen atoms in total. The van der Waals surface area contributed by atoms with E-state index in [4.69, 9.17) is 0 Å². The van der Waals surface area contributed by atoms with E-state index < -0.39 is 52.0 Å². The first kappa shape index (κ1) is 19.4. The Balaban J connectivity index is 1.86. The van der Waals surface area contributed by atoms with Crippen molar-refractivity contribution in [2.45, 2.75) is 11.7 Å². The number of rotatable bonds is 1. The highest BCUT2D eigenvalue weighted by Gasteiger charge is 2.57. The molecule has 1 aromatic carbocycles. The van der Waals surface area contributed by atoms with Gasteiger partial charge in [-0.15, -0.1) is 0 Å². The van der Waals surface area contributed by atoms with Gasteiger partial charge in [0.25, 0.3) is 0 Å². The largest absolute Gasteiger partial charge is 0.387 e. The summed E-state index contributed by atoms with van der Waals surface area (Å²) < 4.78 is 57.3. The molecular weight excluding hydrogens is 414 g/mol. The predicted octanol–water partition coefficient (Wildman–Crippen LogP) is 3.52. The highest BCUT2D eigenvalue weighted by Crippen LogP contribution is 2.60. The Hall–Kier alpha value is -3.61. The molecule has 0 radical (unpaired) electrons. The zero-order chi connectivity index (χ0) is 22.1. The average molecular weight is 425 g/mol. The van der Waals surface area contributed by atoms with Crippen LogP contribution in [0.3, 0.4) is 0 Å². The number of aliphatic hydroxyl groups is 2. The standard InChI is InChI=1S/C22H11F4N3O2/c23-15-12-9(5-6-27)14(21(30)13(12)16(24)18(26)17(15)25)22(31)10-3-1-7-28-19(10)20-11(22)4-2-8-29-20/h1-5,7-8,14,21,30-31H/b9-5+. The van der Waals surface area contributed by atoms with Gasteiger partial charge in [0.15, 0.2) is 23.3 Å². The van der Waals surface area contributed by atoms with Crippen molar-refractivity contribution >= 4 is 5.57 Å². The molecule has 0 bridgehead atoms. The van der Waals surface area contributed by atoms with E-state index in [2.05, 4.69) is 9.97 Å². The van der Waals surface area contributed by atoms with Crippen LogP contribution in [0.25, 0.3) is 17.0 Å². The molecule has 2 heterocycles. The number of fused-ring (bicyclic) bond motifs is 4. The number of nitrogens with zero attached hydrogens (tertiary/aromatic N) is 3. The molecule has 2 aromatic heterocycles. The number of halogens is 4. The number of nitriles is 1. The Bertz CT molecular complexity index is 1300. The third kappa shape index (κ3) is 2.26. The van der Waals surface area contributed by atoms with E-state index in [0.717, 1.165) is 6.08 Å². The first-order valence-corrected chi connectivity index (χ1v) is 9.11. The summed E-state index contributed by atoms with van der Waals surface area (Å²) >= 11 is 0. The summed E-state index contributed by atoms with van der Waals surface area (Å²) in [4.78, 5) is 8.44. The quantitative estimate of drug-likeness (QED) is 0.270.